The molecule has 0 N–H and O–H groups in total. The Morgan fingerprint density at radius 2 is 1.53 bits per heavy atom. The van der Waals surface area contributed by atoms with Gasteiger partial charge in [0.25, 0.3) is 0 Å². The summed E-state index contributed by atoms with van der Waals surface area (Å²) in [7, 11) is -1.45. The standard InChI is InChI=1S/C11H27N2PSi/c1-10-12-14(5,6,7)13(11(2,3)4)15(12,8)9/h10H,1H2,2-9H3. The molecule has 90 valence electrons. The summed E-state index contributed by atoms with van der Waals surface area (Å²) in [4.78, 5) is 0. The van der Waals surface area contributed by atoms with Gasteiger partial charge in [-0.05, 0) is 0 Å². The van der Waals surface area contributed by atoms with Gasteiger partial charge in [-0.15, -0.1) is 0 Å². The van der Waals surface area contributed by atoms with E-state index in [9.17, 15) is 0 Å². The van der Waals surface area contributed by atoms with Crippen molar-refractivity contribution in [2.24, 2.45) is 0 Å². The quantitative estimate of drug-likeness (QED) is 0.516. The van der Waals surface area contributed by atoms with E-state index in [-0.39, 0.29) is 5.54 Å². The van der Waals surface area contributed by atoms with E-state index >= 15 is 0 Å². The van der Waals surface area contributed by atoms with Crippen LogP contribution in [-0.4, -0.2) is 42.6 Å². The molecule has 0 radical (unpaired) electrons. The molecule has 0 aliphatic carbocycles. The first-order chi connectivity index (χ1) is 6.34. The van der Waals surface area contributed by atoms with Gasteiger partial charge in [-0.1, -0.05) is 0 Å². The van der Waals surface area contributed by atoms with E-state index in [0.29, 0.717) is 0 Å². The van der Waals surface area contributed by atoms with E-state index in [0.717, 1.165) is 0 Å². The first-order valence-corrected chi connectivity index (χ1v) is 12.0. The first kappa shape index (κ1) is 13.2. The van der Waals surface area contributed by atoms with Crippen LogP contribution in [0.25, 0.3) is 0 Å². The maximum atomic E-state index is 4.00. The Morgan fingerprint density at radius 3 is 1.73 bits per heavy atom. The Bertz CT molecular complexity index is 296. The molecule has 1 aliphatic rings. The van der Waals surface area contributed by atoms with Crippen LogP contribution in [0, 0.1) is 0 Å². The molecule has 15 heavy (non-hydrogen) atoms. The molecule has 0 aromatic carbocycles. The minimum atomic E-state index is -1.84. The van der Waals surface area contributed by atoms with E-state index in [1.807, 2.05) is 0 Å². The topological polar surface area (TPSA) is 6.48 Å². The van der Waals surface area contributed by atoms with Crippen molar-refractivity contribution < 1.29 is 0 Å². The number of nitrogens with zero attached hydrogens (tertiary/aromatic N) is 2. The van der Waals surface area contributed by atoms with Crippen molar-refractivity contribution in [3.8, 4) is 0 Å². The molecule has 1 aliphatic heterocycles. The van der Waals surface area contributed by atoms with Crippen LogP contribution in [0.1, 0.15) is 20.8 Å². The van der Waals surface area contributed by atoms with E-state index in [1.54, 1.807) is 0 Å². The van der Waals surface area contributed by atoms with Crippen LogP contribution in [0.4, 0.5) is 0 Å². The molecule has 0 amide bonds. The molecule has 0 unspecified atom stereocenters. The van der Waals surface area contributed by atoms with Crippen molar-refractivity contribution in [1.29, 1.82) is 0 Å². The van der Waals surface area contributed by atoms with Gasteiger partial charge in [-0.2, -0.15) is 0 Å². The van der Waals surface area contributed by atoms with E-state index in [1.165, 1.54) is 0 Å². The van der Waals surface area contributed by atoms with Crippen LogP contribution in [0.15, 0.2) is 12.8 Å². The zero-order chi connectivity index (χ0) is 12.3. The molecule has 0 saturated carbocycles. The van der Waals surface area contributed by atoms with Gasteiger partial charge in [-0.3, -0.25) is 0 Å². The van der Waals surface area contributed by atoms with E-state index < -0.39 is 15.3 Å². The molecule has 0 bridgehead atoms. The summed E-state index contributed by atoms with van der Waals surface area (Å²) in [5, 5.41) is 0. The summed E-state index contributed by atoms with van der Waals surface area (Å²) in [5.41, 5.74) is 0.269. The van der Waals surface area contributed by atoms with Crippen LogP contribution in [-0.2, 0) is 0 Å². The monoisotopic (exact) mass is 246 g/mol. The molecule has 0 spiro atoms. The first-order valence-electron chi connectivity index (χ1n) is 5.58. The zero-order valence-electron chi connectivity index (χ0n) is 11.6. The second-order valence-electron chi connectivity index (χ2n) is 7.14. The van der Waals surface area contributed by atoms with Gasteiger partial charge in [0.1, 0.15) is 0 Å². The van der Waals surface area contributed by atoms with Crippen molar-refractivity contribution in [2.45, 2.75) is 39.4 Å². The van der Waals surface area contributed by atoms with Gasteiger partial charge in [0.15, 0.2) is 0 Å². The van der Waals surface area contributed by atoms with Crippen LogP contribution >= 0.6 is 6.90 Å². The summed E-state index contributed by atoms with van der Waals surface area (Å²) in [6, 6.07) is 0. The predicted octanol–water partition coefficient (Wildman–Crippen LogP) is 3.52. The van der Waals surface area contributed by atoms with Gasteiger partial charge < -0.3 is 0 Å². The molecule has 2 nitrogen and oxygen atoms in total. The van der Waals surface area contributed by atoms with Gasteiger partial charge in [-0.25, -0.2) is 0 Å². The summed E-state index contributed by atoms with van der Waals surface area (Å²) < 4.78 is 5.41. The number of hydrogen-bond donors (Lipinski definition) is 0. The Kier molecular flexibility index (Phi) is 2.54. The molecule has 4 heteroatoms. The molecule has 0 aromatic rings. The molecule has 1 fully saturated rings. The molecular formula is C11H27N2PSi. The Morgan fingerprint density at radius 1 is 1.13 bits per heavy atom. The predicted molar refractivity (Wildman–Crippen MR) is 75.8 cm³/mol. The molecule has 0 aromatic heterocycles. The third-order valence-corrected chi connectivity index (χ3v) is 17.0. The summed E-state index contributed by atoms with van der Waals surface area (Å²) in [5.74, 6) is 0. The minimum absolute atomic E-state index is 0.269. The molecule has 0 atom stereocenters. The molecular weight excluding hydrogens is 219 g/mol. The second kappa shape index (κ2) is 2.88. The third kappa shape index (κ3) is 1.60. The fraction of sp³-hybridized carbons (Fsp3) is 0.818. The van der Waals surface area contributed by atoms with Gasteiger partial charge in [0.2, 0.25) is 0 Å². The average Bonchev–Trinajstić information content (AvgIpc) is 1.75. The van der Waals surface area contributed by atoms with Gasteiger partial charge in [0.05, 0.1) is 0 Å². The Labute approximate surface area is 96.5 Å². The molecule has 1 rings (SSSR count). The van der Waals surface area contributed by atoms with Crippen molar-refractivity contribution >= 4 is 15.3 Å². The zero-order valence-corrected chi connectivity index (χ0v) is 13.5. The summed E-state index contributed by atoms with van der Waals surface area (Å²) >= 11 is 0. The summed E-state index contributed by atoms with van der Waals surface area (Å²) in [6.45, 7) is 21.3. The second-order valence-corrected chi connectivity index (χ2v) is 17.9. The van der Waals surface area contributed by atoms with Gasteiger partial charge >= 0.3 is 96.2 Å². The summed E-state index contributed by atoms with van der Waals surface area (Å²) in [6.07, 6.45) is 2.08. The number of rotatable bonds is 1. The normalized spacial score (nSPS) is 31.2. The molecule has 1 heterocycles. The van der Waals surface area contributed by atoms with E-state index in [4.69, 9.17) is 0 Å². The average molecular weight is 246 g/mol. The fourth-order valence-electron chi connectivity index (χ4n) is 4.20. The van der Waals surface area contributed by atoms with Crippen molar-refractivity contribution in [3.63, 3.8) is 0 Å². The fourth-order valence-corrected chi connectivity index (χ4v) is 23.3. The van der Waals surface area contributed by atoms with Crippen LogP contribution in [0.5, 0.6) is 0 Å². The van der Waals surface area contributed by atoms with Crippen molar-refractivity contribution in [3.05, 3.63) is 12.8 Å². The van der Waals surface area contributed by atoms with Crippen LogP contribution in [0.3, 0.4) is 0 Å². The number of hydrogen-bond acceptors (Lipinski definition) is 2. The Balaban J connectivity index is 3.25. The third-order valence-electron chi connectivity index (χ3n) is 3.32. The molecule has 1 saturated heterocycles. The maximum absolute atomic E-state index is 4.00. The van der Waals surface area contributed by atoms with E-state index in [2.05, 4.69) is 75.3 Å². The van der Waals surface area contributed by atoms with Crippen LogP contribution < -0.4 is 0 Å². The van der Waals surface area contributed by atoms with Gasteiger partial charge in [0, 0.05) is 0 Å². The van der Waals surface area contributed by atoms with Crippen LogP contribution in [0.2, 0.25) is 13.1 Å². The Hall–Kier alpha value is 0.147. The van der Waals surface area contributed by atoms with Crippen molar-refractivity contribution in [1.82, 2.24) is 8.67 Å². The SMILES string of the molecule is C=CN1[Si](C)(C)N(C(C)(C)C)P1(C)(C)C. The van der Waals surface area contributed by atoms with Crippen molar-refractivity contribution in [2.75, 3.05) is 20.0 Å².